The lowest BCUT2D eigenvalue weighted by atomic mass is 10.1. The number of rotatable bonds is 4. The molecule has 1 N–H and O–H groups in total. The second-order valence-corrected chi connectivity index (χ2v) is 8.13. The van der Waals surface area contributed by atoms with E-state index in [1.807, 2.05) is 25.1 Å². The molecule has 0 amide bonds. The summed E-state index contributed by atoms with van der Waals surface area (Å²) in [6, 6.07) is 10.7. The predicted octanol–water partition coefficient (Wildman–Crippen LogP) is 4.43. The first-order chi connectivity index (χ1) is 9.77. The molecule has 0 saturated heterocycles. The van der Waals surface area contributed by atoms with E-state index in [4.69, 9.17) is 11.6 Å². The number of anilines is 1. The topological polar surface area (TPSA) is 46.2 Å². The minimum absolute atomic E-state index is 0.250. The van der Waals surface area contributed by atoms with Crippen molar-refractivity contribution < 1.29 is 8.42 Å². The van der Waals surface area contributed by atoms with Crippen LogP contribution in [0.2, 0.25) is 5.02 Å². The highest BCUT2D eigenvalue weighted by molar-refractivity contribution is 9.10. The zero-order valence-electron chi connectivity index (χ0n) is 11.7. The Morgan fingerprint density at radius 1 is 1.19 bits per heavy atom. The quantitative estimate of drug-likeness (QED) is 0.843. The maximum absolute atomic E-state index is 11.6. The molecule has 0 heterocycles. The Labute approximate surface area is 138 Å². The molecule has 0 radical (unpaired) electrons. The second kappa shape index (κ2) is 6.38. The van der Waals surface area contributed by atoms with Crippen LogP contribution < -0.4 is 5.32 Å². The monoisotopic (exact) mass is 387 g/mol. The van der Waals surface area contributed by atoms with Crippen LogP contribution >= 0.6 is 27.5 Å². The van der Waals surface area contributed by atoms with Gasteiger partial charge in [0.1, 0.15) is 0 Å². The number of hydrogen-bond acceptors (Lipinski definition) is 3. The maximum atomic E-state index is 11.6. The van der Waals surface area contributed by atoms with Crippen molar-refractivity contribution in [3.05, 3.63) is 57.0 Å². The number of halogens is 2. The van der Waals surface area contributed by atoms with E-state index in [1.54, 1.807) is 12.1 Å². The fourth-order valence-corrected chi connectivity index (χ4v) is 3.07. The molecular weight excluding hydrogens is 374 g/mol. The lowest BCUT2D eigenvalue weighted by molar-refractivity contribution is 0.602. The van der Waals surface area contributed by atoms with Crippen LogP contribution in [0.15, 0.2) is 45.8 Å². The van der Waals surface area contributed by atoms with Crippen LogP contribution in [0.5, 0.6) is 0 Å². The SMILES string of the molecule is Cc1ccc(CNc2cc(S(C)(=O)=O)ccc2Cl)cc1Br. The van der Waals surface area contributed by atoms with Crippen molar-refractivity contribution in [2.75, 3.05) is 11.6 Å². The lowest BCUT2D eigenvalue weighted by Gasteiger charge is -2.11. The lowest BCUT2D eigenvalue weighted by Crippen LogP contribution is -2.03. The average Bonchev–Trinajstić information content (AvgIpc) is 2.40. The van der Waals surface area contributed by atoms with Gasteiger partial charge in [-0.25, -0.2) is 8.42 Å². The summed E-state index contributed by atoms with van der Waals surface area (Å²) < 4.78 is 24.2. The Hall–Kier alpha value is -1.04. The summed E-state index contributed by atoms with van der Waals surface area (Å²) >= 11 is 9.59. The highest BCUT2D eigenvalue weighted by atomic mass is 79.9. The van der Waals surface area contributed by atoms with Gasteiger partial charge in [0.2, 0.25) is 0 Å². The predicted molar refractivity (Wildman–Crippen MR) is 90.8 cm³/mol. The van der Waals surface area contributed by atoms with Crippen molar-refractivity contribution in [3.8, 4) is 0 Å². The largest absolute Gasteiger partial charge is 0.380 e. The molecular formula is C15H15BrClNO2S. The van der Waals surface area contributed by atoms with Crippen molar-refractivity contribution in [2.45, 2.75) is 18.4 Å². The maximum Gasteiger partial charge on any atom is 0.175 e. The number of sulfone groups is 1. The molecule has 0 aliphatic carbocycles. The third-order valence-corrected chi connectivity index (χ3v) is 5.38. The first-order valence-electron chi connectivity index (χ1n) is 6.26. The van der Waals surface area contributed by atoms with E-state index in [0.29, 0.717) is 17.3 Å². The van der Waals surface area contributed by atoms with Crippen LogP contribution in [0.3, 0.4) is 0 Å². The zero-order valence-corrected chi connectivity index (χ0v) is 14.8. The molecule has 21 heavy (non-hydrogen) atoms. The van der Waals surface area contributed by atoms with Crippen molar-refractivity contribution in [2.24, 2.45) is 0 Å². The second-order valence-electron chi connectivity index (χ2n) is 4.85. The van der Waals surface area contributed by atoms with Gasteiger partial charge in [-0.05, 0) is 42.3 Å². The number of aryl methyl sites for hydroxylation is 1. The third-order valence-electron chi connectivity index (χ3n) is 3.09. The van der Waals surface area contributed by atoms with Crippen LogP contribution in [0.4, 0.5) is 5.69 Å². The molecule has 2 aromatic carbocycles. The molecule has 0 aliphatic rings. The van der Waals surface area contributed by atoms with Crippen molar-refractivity contribution in [1.29, 1.82) is 0 Å². The smallest absolute Gasteiger partial charge is 0.175 e. The molecule has 0 aliphatic heterocycles. The Bertz CT molecular complexity index is 775. The van der Waals surface area contributed by atoms with Gasteiger partial charge >= 0.3 is 0 Å². The van der Waals surface area contributed by atoms with E-state index in [2.05, 4.69) is 21.2 Å². The molecule has 0 aromatic heterocycles. The van der Waals surface area contributed by atoms with Gasteiger partial charge in [0.05, 0.1) is 15.6 Å². The Morgan fingerprint density at radius 2 is 1.90 bits per heavy atom. The van der Waals surface area contributed by atoms with Crippen LogP contribution in [0, 0.1) is 6.92 Å². The van der Waals surface area contributed by atoms with E-state index < -0.39 is 9.84 Å². The number of hydrogen-bond donors (Lipinski definition) is 1. The minimum atomic E-state index is -3.24. The molecule has 112 valence electrons. The Balaban J connectivity index is 2.21. The van der Waals surface area contributed by atoms with E-state index in [1.165, 1.54) is 12.3 Å². The van der Waals surface area contributed by atoms with Crippen LogP contribution in [0.1, 0.15) is 11.1 Å². The molecule has 2 rings (SSSR count). The van der Waals surface area contributed by atoms with Gasteiger partial charge in [-0.2, -0.15) is 0 Å². The number of nitrogens with one attached hydrogen (secondary N) is 1. The van der Waals surface area contributed by atoms with Crippen molar-refractivity contribution in [1.82, 2.24) is 0 Å². The highest BCUT2D eigenvalue weighted by Gasteiger charge is 2.10. The normalized spacial score (nSPS) is 11.4. The Kier molecular flexibility index (Phi) is 4.96. The van der Waals surface area contributed by atoms with Gasteiger partial charge in [0, 0.05) is 17.3 Å². The summed E-state index contributed by atoms with van der Waals surface area (Å²) in [4.78, 5) is 0.250. The van der Waals surface area contributed by atoms with Gasteiger partial charge < -0.3 is 5.32 Å². The van der Waals surface area contributed by atoms with E-state index in [-0.39, 0.29) is 4.90 Å². The van der Waals surface area contributed by atoms with Gasteiger partial charge in [0.25, 0.3) is 0 Å². The summed E-state index contributed by atoms with van der Waals surface area (Å²) in [5.41, 5.74) is 2.85. The fourth-order valence-electron chi connectivity index (χ4n) is 1.81. The summed E-state index contributed by atoms with van der Waals surface area (Å²) in [5, 5.41) is 3.67. The van der Waals surface area contributed by atoms with Gasteiger partial charge in [-0.1, -0.05) is 39.7 Å². The average molecular weight is 389 g/mol. The molecule has 0 spiro atoms. The molecule has 0 bridgehead atoms. The van der Waals surface area contributed by atoms with E-state index >= 15 is 0 Å². The summed E-state index contributed by atoms with van der Waals surface area (Å²) in [7, 11) is -3.24. The minimum Gasteiger partial charge on any atom is -0.380 e. The van der Waals surface area contributed by atoms with Crippen molar-refractivity contribution in [3.63, 3.8) is 0 Å². The molecule has 0 fully saturated rings. The molecule has 0 saturated carbocycles. The van der Waals surface area contributed by atoms with Gasteiger partial charge in [0.15, 0.2) is 9.84 Å². The van der Waals surface area contributed by atoms with Crippen molar-refractivity contribution >= 4 is 43.1 Å². The zero-order chi connectivity index (χ0) is 15.6. The highest BCUT2D eigenvalue weighted by Crippen LogP contribution is 2.26. The van der Waals surface area contributed by atoms with Gasteiger partial charge in [-0.15, -0.1) is 0 Å². The molecule has 0 atom stereocenters. The molecule has 6 heteroatoms. The fraction of sp³-hybridized carbons (Fsp3) is 0.200. The Morgan fingerprint density at radius 3 is 2.52 bits per heavy atom. The van der Waals surface area contributed by atoms with Crippen LogP contribution in [-0.4, -0.2) is 14.7 Å². The van der Waals surface area contributed by atoms with Crippen LogP contribution in [0.25, 0.3) is 0 Å². The summed E-state index contributed by atoms with van der Waals surface area (Å²) in [6.07, 6.45) is 1.18. The third kappa shape index (κ3) is 4.22. The van der Waals surface area contributed by atoms with E-state index in [9.17, 15) is 8.42 Å². The number of benzene rings is 2. The summed E-state index contributed by atoms with van der Waals surface area (Å²) in [6.45, 7) is 2.58. The molecule has 3 nitrogen and oxygen atoms in total. The standard InChI is InChI=1S/C15H15BrClNO2S/c1-10-3-4-11(7-13(10)16)9-18-15-8-12(21(2,19)20)5-6-14(15)17/h3-8,18H,9H2,1-2H3. The first-order valence-corrected chi connectivity index (χ1v) is 9.32. The first kappa shape index (κ1) is 16.3. The molecule has 2 aromatic rings. The van der Waals surface area contributed by atoms with E-state index in [0.717, 1.165) is 15.6 Å². The van der Waals surface area contributed by atoms with Crippen LogP contribution in [-0.2, 0) is 16.4 Å². The molecule has 0 unspecified atom stereocenters. The summed E-state index contributed by atoms with van der Waals surface area (Å²) in [5.74, 6) is 0. The van der Waals surface area contributed by atoms with Gasteiger partial charge in [-0.3, -0.25) is 0 Å².